The minimum Gasteiger partial charge on any atom is -0.497 e. The number of methoxy groups -OCH3 is 1. The van der Waals surface area contributed by atoms with Crippen LogP contribution in [0.15, 0.2) is 53.5 Å². The minimum atomic E-state index is -0.235. The number of benzene rings is 2. The highest BCUT2D eigenvalue weighted by molar-refractivity contribution is 5.94. The summed E-state index contributed by atoms with van der Waals surface area (Å²) in [4.78, 5) is 16.2. The first-order chi connectivity index (χ1) is 13.1. The van der Waals surface area contributed by atoms with Crippen LogP contribution in [-0.4, -0.2) is 45.7 Å². The zero-order valence-corrected chi connectivity index (χ0v) is 15.6. The molecule has 3 N–H and O–H groups in total. The van der Waals surface area contributed by atoms with Crippen molar-refractivity contribution in [1.82, 2.24) is 16.0 Å². The van der Waals surface area contributed by atoms with Gasteiger partial charge in [-0.2, -0.15) is 0 Å². The van der Waals surface area contributed by atoms with E-state index in [0.717, 1.165) is 12.0 Å². The van der Waals surface area contributed by atoms with Crippen molar-refractivity contribution in [2.75, 3.05) is 33.8 Å². The Morgan fingerprint density at radius 1 is 0.963 bits per heavy atom. The Balaban J connectivity index is 1.65. The number of aliphatic imine (C=N–C) groups is 1. The molecule has 0 atom stereocenters. The van der Waals surface area contributed by atoms with Gasteiger partial charge in [0, 0.05) is 32.2 Å². The summed E-state index contributed by atoms with van der Waals surface area (Å²) in [6, 6.07) is 13.4. The van der Waals surface area contributed by atoms with Crippen LogP contribution in [0.3, 0.4) is 0 Å². The van der Waals surface area contributed by atoms with Gasteiger partial charge in [-0.3, -0.25) is 9.79 Å². The molecule has 6 nitrogen and oxygen atoms in total. The zero-order chi connectivity index (χ0) is 19.5. The first-order valence-electron chi connectivity index (χ1n) is 8.73. The molecule has 0 aliphatic heterocycles. The molecule has 0 aliphatic rings. The van der Waals surface area contributed by atoms with Gasteiger partial charge < -0.3 is 20.7 Å². The number of carbonyl (C=O) groups excluding carboxylic acids is 1. The van der Waals surface area contributed by atoms with E-state index in [1.165, 1.54) is 12.1 Å². The van der Waals surface area contributed by atoms with E-state index < -0.39 is 0 Å². The number of halogens is 1. The molecule has 144 valence electrons. The standard InChI is InChI=1S/C20H25FN4O2/c1-22-20(24-12-11-15-3-7-17(21)8-4-15)25-14-13-23-19(26)16-5-9-18(27-2)10-6-16/h3-10H,11-14H2,1-2H3,(H,23,26)(H2,22,24,25). The highest BCUT2D eigenvalue weighted by Crippen LogP contribution is 2.10. The molecule has 0 unspecified atom stereocenters. The Hall–Kier alpha value is -3.09. The molecular weight excluding hydrogens is 347 g/mol. The van der Waals surface area contributed by atoms with Crippen molar-refractivity contribution >= 4 is 11.9 Å². The summed E-state index contributed by atoms with van der Waals surface area (Å²) in [5.74, 6) is 0.985. The molecule has 0 saturated heterocycles. The lowest BCUT2D eigenvalue weighted by Gasteiger charge is -2.12. The van der Waals surface area contributed by atoms with Gasteiger partial charge in [0.25, 0.3) is 5.91 Å². The van der Waals surface area contributed by atoms with Gasteiger partial charge in [0.05, 0.1) is 7.11 Å². The first-order valence-corrected chi connectivity index (χ1v) is 8.73. The van der Waals surface area contributed by atoms with Crippen molar-refractivity contribution in [3.63, 3.8) is 0 Å². The SMILES string of the molecule is CN=C(NCCNC(=O)c1ccc(OC)cc1)NCCc1ccc(F)cc1. The summed E-state index contributed by atoms with van der Waals surface area (Å²) in [7, 11) is 3.27. The predicted octanol–water partition coefficient (Wildman–Crippen LogP) is 1.97. The summed E-state index contributed by atoms with van der Waals surface area (Å²) in [5, 5.41) is 9.16. The molecule has 7 heteroatoms. The number of amides is 1. The van der Waals surface area contributed by atoms with E-state index in [4.69, 9.17) is 4.74 Å². The molecule has 2 aromatic carbocycles. The van der Waals surface area contributed by atoms with Crippen LogP contribution in [0.2, 0.25) is 0 Å². The predicted molar refractivity (Wildman–Crippen MR) is 105 cm³/mol. The second-order valence-electron chi connectivity index (χ2n) is 5.79. The number of nitrogens with zero attached hydrogens (tertiary/aromatic N) is 1. The average Bonchev–Trinajstić information content (AvgIpc) is 2.71. The highest BCUT2D eigenvalue weighted by atomic mass is 19.1. The Labute approximate surface area is 158 Å². The third-order valence-corrected chi connectivity index (χ3v) is 3.90. The summed E-state index contributed by atoms with van der Waals surface area (Å²) in [6.07, 6.45) is 0.759. The van der Waals surface area contributed by atoms with Crippen LogP contribution in [0, 0.1) is 5.82 Å². The molecule has 0 aromatic heterocycles. The van der Waals surface area contributed by atoms with Gasteiger partial charge in [0.1, 0.15) is 11.6 Å². The van der Waals surface area contributed by atoms with Crippen molar-refractivity contribution in [3.8, 4) is 5.75 Å². The van der Waals surface area contributed by atoms with Crippen LogP contribution in [0.25, 0.3) is 0 Å². The molecular formula is C20H25FN4O2. The molecule has 0 spiro atoms. The summed E-state index contributed by atoms with van der Waals surface area (Å²) >= 11 is 0. The van der Waals surface area contributed by atoms with E-state index in [9.17, 15) is 9.18 Å². The van der Waals surface area contributed by atoms with E-state index in [-0.39, 0.29) is 11.7 Å². The number of hydrogen-bond acceptors (Lipinski definition) is 3. The summed E-state index contributed by atoms with van der Waals surface area (Å²) in [6.45, 7) is 1.67. The Morgan fingerprint density at radius 2 is 1.59 bits per heavy atom. The van der Waals surface area contributed by atoms with Crippen LogP contribution in [0.5, 0.6) is 5.75 Å². The Kier molecular flexibility index (Phi) is 8.09. The highest BCUT2D eigenvalue weighted by Gasteiger charge is 2.05. The molecule has 0 heterocycles. The van der Waals surface area contributed by atoms with Crippen molar-refractivity contribution in [3.05, 3.63) is 65.5 Å². The fourth-order valence-electron chi connectivity index (χ4n) is 2.40. The largest absolute Gasteiger partial charge is 0.497 e. The van der Waals surface area contributed by atoms with E-state index in [1.807, 2.05) is 0 Å². The van der Waals surface area contributed by atoms with E-state index in [0.29, 0.717) is 36.9 Å². The van der Waals surface area contributed by atoms with Gasteiger partial charge in [-0.15, -0.1) is 0 Å². The van der Waals surface area contributed by atoms with Gasteiger partial charge in [0.15, 0.2) is 5.96 Å². The van der Waals surface area contributed by atoms with Crippen LogP contribution < -0.4 is 20.7 Å². The average molecular weight is 372 g/mol. The number of hydrogen-bond donors (Lipinski definition) is 3. The van der Waals surface area contributed by atoms with Crippen LogP contribution in [0.4, 0.5) is 4.39 Å². The molecule has 0 saturated carbocycles. The lowest BCUT2D eigenvalue weighted by molar-refractivity contribution is 0.0954. The molecule has 2 aromatic rings. The van der Waals surface area contributed by atoms with Gasteiger partial charge in [0.2, 0.25) is 0 Å². The number of ether oxygens (including phenoxy) is 1. The zero-order valence-electron chi connectivity index (χ0n) is 15.6. The molecule has 0 bridgehead atoms. The van der Waals surface area contributed by atoms with Crippen LogP contribution in [0.1, 0.15) is 15.9 Å². The molecule has 0 fully saturated rings. The van der Waals surface area contributed by atoms with E-state index in [2.05, 4.69) is 20.9 Å². The third kappa shape index (κ3) is 6.97. The van der Waals surface area contributed by atoms with Crippen LogP contribution in [-0.2, 0) is 6.42 Å². The molecule has 0 aliphatic carbocycles. The van der Waals surface area contributed by atoms with E-state index >= 15 is 0 Å². The molecule has 0 radical (unpaired) electrons. The fraction of sp³-hybridized carbons (Fsp3) is 0.300. The van der Waals surface area contributed by atoms with Gasteiger partial charge >= 0.3 is 0 Å². The van der Waals surface area contributed by atoms with Gasteiger partial charge in [-0.1, -0.05) is 12.1 Å². The maximum absolute atomic E-state index is 12.9. The van der Waals surface area contributed by atoms with Crippen molar-refractivity contribution in [2.24, 2.45) is 4.99 Å². The molecule has 2 rings (SSSR count). The number of guanidine groups is 1. The monoisotopic (exact) mass is 372 g/mol. The van der Waals surface area contributed by atoms with E-state index in [1.54, 1.807) is 50.6 Å². The number of carbonyl (C=O) groups is 1. The Bertz CT molecular complexity index is 746. The second-order valence-corrected chi connectivity index (χ2v) is 5.79. The normalized spacial score (nSPS) is 11.0. The smallest absolute Gasteiger partial charge is 0.251 e. The topological polar surface area (TPSA) is 74.8 Å². The van der Waals surface area contributed by atoms with Crippen molar-refractivity contribution < 1.29 is 13.9 Å². The molecule has 1 amide bonds. The summed E-state index contributed by atoms with van der Waals surface area (Å²) in [5.41, 5.74) is 1.63. The minimum absolute atomic E-state index is 0.140. The number of rotatable bonds is 8. The fourth-order valence-corrected chi connectivity index (χ4v) is 2.40. The molecule has 27 heavy (non-hydrogen) atoms. The van der Waals surface area contributed by atoms with Gasteiger partial charge in [-0.05, 0) is 48.4 Å². The maximum atomic E-state index is 12.9. The van der Waals surface area contributed by atoms with Crippen molar-refractivity contribution in [2.45, 2.75) is 6.42 Å². The lowest BCUT2D eigenvalue weighted by atomic mass is 10.1. The maximum Gasteiger partial charge on any atom is 0.251 e. The quantitative estimate of drug-likeness (QED) is 0.376. The van der Waals surface area contributed by atoms with Crippen molar-refractivity contribution in [1.29, 1.82) is 0 Å². The Morgan fingerprint density at radius 3 is 2.22 bits per heavy atom. The summed E-state index contributed by atoms with van der Waals surface area (Å²) < 4.78 is 18.0. The third-order valence-electron chi connectivity index (χ3n) is 3.90. The van der Waals surface area contributed by atoms with Crippen LogP contribution >= 0.6 is 0 Å². The number of nitrogens with one attached hydrogen (secondary N) is 3. The lowest BCUT2D eigenvalue weighted by Crippen LogP contribution is -2.42. The first kappa shape index (κ1) is 20.2. The van der Waals surface area contributed by atoms with Gasteiger partial charge in [-0.25, -0.2) is 4.39 Å². The second kappa shape index (κ2) is 10.8.